The lowest BCUT2D eigenvalue weighted by molar-refractivity contribution is -0.842. The third-order valence-corrected chi connectivity index (χ3v) is 5.74. The van der Waals surface area contributed by atoms with E-state index in [1.807, 2.05) is 36.6 Å². The highest BCUT2D eigenvalue weighted by molar-refractivity contribution is 7.13. The number of nitrogens with zero attached hydrogens (tertiary/aromatic N) is 4. The van der Waals surface area contributed by atoms with Crippen molar-refractivity contribution in [3.05, 3.63) is 71.3 Å². The Bertz CT molecular complexity index is 1250. The Morgan fingerprint density at radius 3 is 2.79 bits per heavy atom. The Labute approximate surface area is 194 Å². The summed E-state index contributed by atoms with van der Waals surface area (Å²) in [5.74, 6) is 5.38. The van der Waals surface area contributed by atoms with Crippen molar-refractivity contribution in [1.82, 2.24) is 25.4 Å². The van der Waals surface area contributed by atoms with E-state index in [4.69, 9.17) is 10.8 Å². The van der Waals surface area contributed by atoms with Gasteiger partial charge >= 0.3 is 0 Å². The lowest BCUT2D eigenvalue weighted by Gasteiger charge is -2.21. The van der Waals surface area contributed by atoms with Crippen LogP contribution in [0.15, 0.2) is 60.5 Å². The molecule has 1 amide bonds. The lowest BCUT2D eigenvalue weighted by atomic mass is 10.0. The van der Waals surface area contributed by atoms with Crippen molar-refractivity contribution in [1.29, 1.82) is 0 Å². The number of quaternary nitrogens is 1. The molecule has 0 spiro atoms. The van der Waals surface area contributed by atoms with Crippen LogP contribution in [0.5, 0.6) is 0 Å². The monoisotopic (exact) mass is 462 g/mol. The summed E-state index contributed by atoms with van der Waals surface area (Å²) < 4.78 is 0. The van der Waals surface area contributed by atoms with Crippen LogP contribution in [0, 0.1) is 5.21 Å². The Hall–Kier alpha value is -3.77. The number of amides is 1. The van der Waals surface area contributed by atoms with Gasteiger partial charge in [-0.2, -0.15) is 0 Å². The molecule has 0 aliphatic heterocycles. The van der Waals surface area contributed by atoms with Crippen LogP contribution in [0.25, 0.3) is 33.1 Å². The Balaban J connectivity index is 1.77. The third-order valence-electron chi connectivity index (χ3n) is 4.87. The lowest BCUT2D eigenvalue weighted by Crippen LogP contribution is -3.07. The number of nitrogens with one attached hydrogen (secondary N) is 3. The maximum atomic E-state index is 12.0. The summed E-state index contributed by atoms with van der Waals surface area (Å²) in [7, 11) is 0. The molecular formula is C22H22N8O2S. The number of hydrogen-bond acceptors (Lipinski definition) is 9. The van der Waals surface area contributed by atoms with Crippen molar-refractivity contribution >= 4 is 23.1 Å². The van der Waals surface area contributed by atoms with E-state index in [0.29, 0.717) is 23.5 Å². The molecule has 4 aromatic rings. The van der Waals surface area contributed by atoms with Crippen molar-refractivity contribution in [3.63, 3.8) is 0 Å². The summed E-state index contributed by atoms with van der Waals surface area (Å²) in [6.07, 6.45) is 6.48. The Morgan fingerprint density at radius 2 is 2.03 bits per heavy atom. The normalized spacial score (nSPS) is 11.7. The van der Waals surface area contributed by atoms with Gasteiger partial charge in [-0.05, 0) is 31.2 Å². The van der Waals surface area contributed by atoms with Crippen LogP contribution in [0.3, 0.4) is 0 Å². The van der Waals surface area contributed by atoms with E-state index in [2.05, 4.69) is 25.7 Å². The smallest absolute Gasteiger partial charge is 0.266 e. The fourth-order valence-corrected chi connectivity index (χ4v) is 3.94. The molecule has 0 saturated heterocycles. The number of hydrazine groups is 1. The second kappa shape index (κ2) is 10.2. The number of carbonyl (C=O) groups excluding carboxylic acids is 1. The highest BCUT2D eigenvalue weighted by Gasteiger charge is 2.16. The average Bonchev–Trinajstić information content (AvgIpc) is 3.37. The number of nitrogens with two attached hydrogens (primary N) is 1. The number of anilines is 1. The fraction of sp³-hybridized carbons (Fsp3) is 0.136. The summed E-state index contributed by atoms with van der Waals surface area (Å²) in [5, 5.41) is 17.6. The first kappa shape index (κ1) is 22.4. The van der Waals surface area contributed by atoms with Crippen LogP contribution in [-0.4, -0.2) is 39.1 Å². The zero-order chi connectivity index (χ0) is 23.2. The molecule has 0 aliphatic rings. The average molecular weight is 463 g/mol. The van der Waals surface area contributed by atoms with Gasteiger partial charge < -0.3 is 15.6 Å². The van der Waals surface area contributed by atoms with Crippen LogP contribution in [0.2, 0.25) is 0 Å². The molecule has 0 bridgehead atoms. The third kappa shape index (κ3) is 5.18. The number of hydroxylamine groups is 2. The largest absolute Gasteiger partial charge is 0.633 e. The highest BCUT2D eigenvalue weighted by Crippen LogP contribution is 2.36. The quantitative estimate of drug-likeness (QED) is 0.134. The van der Waals surface area contributed by atoms with E-state index >= 15 is 0 Å². The minimum absolute atomic E-state index is 0.0822. The van der Waals surface area contributed by atoms with Crippen LogP contribution in [0.4, 0.5) is 5.82 Å². The van der Waals surface area contributed by atoms with E-state index in [9.17, 15) is 10.0 Å². The summed E-state index contributed by atoms with van der Waals surface area (Å²) in [5.41, 5.74) is 6.17. The number of rotatable bonds is 8. The molecule has 0 radical (unpaired) electrons. The Morgan fingerprint density at radius 1 is 1.15 bits per heavy atom. The van der Waals surface area contributed by atoms with Gasteiger partial charge in [0.05, 0.1) is 17.8 Å². The second-order valence-electron chi connectivity index (χ2n) is 7.05. The summed E-state index contributed by atoms with van der Waals surface area (Å²) in [6, 6.07) is 9.19. The number of nitrogen functional groups attached to an aromatic ring is 1. The summed E-state index contributed by atoms with van der Waals surface area (Å²) in [6.45, 7) is 2.45. The molecule has 33 heavy (non-hydrogen) atoms. The molecule has 168 valence electrons. The van der Waals surface area contributed by atoms with Gasteiger partial charge in [0.2, 0.25) is 0 Å². The van der Waals surface area contributed by atoms with E-state index < -0.39 is 5.91 Å². The molecule has 4 rings (SSSR count). The highest BCUT2D eigenvalue weighted by atomic mass is 32.1. The number of carbonyl (C=O) groups is 1. The van der Waals surface area contributed by atoms with Gasteiger partial charge in [0.1, 0.15) is 16.5 Å². The zero-order valence-electron chi connectivity index (χ0n) is 17.8. The van der Waals surface area contributed by atoms with E-state index in [0.717, 1.165) is 27.5 Å². The first-order valence-corrected chi connectivity index (χ1v) is 11.1. The van der Waals surface area contributed by atoms with E-state index in [1.165, 1.54) is 17.5 Å². The molecule has 4 heterocycles. The second-order valence-corrected chi connectivity index (χ2v) is 7.91. The van der Waals surface area contributed by atoms with Crippen LogP contribution in [0.1, 0.15) is 17.3 Å². The van der Waals surface area contributed by atoms with Crippen molar-refractivity contribution in [2.24, 2.45) is 5.84 Å². The molecular weight excluding hydrogens is 440 g/mol. The van der Waals surface area contributed by atoms with Crippen LogP contribution >= 0.6 is 11.3 Å². The SMILES string of the molecule is CC[NH+]([O-])CNc1cc(-c2nc(-c3ccccn3)cs2)c(-c2cncc(C(=O)NN)c2)cn1. The first-order chi connectivity index (χ1) is 16.1. The number of pyridine rings is 3. The predicted octanol–water partition coefficient (Wildman–Crippen LogP) is 1.70. The summed E-state index contributed by atoms with van der Waals surface area (Å²) >= 11 is 1.47. The molecule has 1 unspecified atom stereocenters. The van der Waals surface area contributed by atoms with Gasteiger partial charge in [-0.25, -0.2) is 15.8 Å². The number of thiazole rings is 1. The maximum Gasteiger partial charge on any atom is 0.266 e. The van der Waals surface area contributed by atoms with Gasteiger partial charge in [0.15, 0.2) is 6.67 Å². The predicted molar refractivity (Wildman–Crippen MR) is 127 cm³/mol. The van der Waals surface area contributed by atoms with Crippen molar-refractivity contribution in [2.75, 3.05) is 18.5 Å². The molecule has 0 saturated carbocycles. The topological polar surface area (TPSA) is 146 Å². The molecule has 5 N–H and O–H groups in total. The first-order valence-electron chi connectivity index (χ1n) is 10.2. The van der Waals surface area contributed by atoms with Gasteiger partial charge in [-0.1, -0.05) is 6.07 Å². The summed E-state index contributed by atoms with van der Waals surface area (Å²) in [4.78, 5) is 29.8. The number of hydrogen-bond donors (Lipinski definition) is 4. The van der Waals surface area contributed by atoms with Crippen LogP contribution < -0.4 is 21.6 Å². The standard InChI is InChI=1S/C22H22N8O2S/c1-2-30(32)13-27-20-8-16(22-28-19(12-33-22)18-5-3-4-6-25-18)17(11-26-20)14-7-15(10-24-9-14)21(31)29-23/h3-12,30H,2,13,23H2,1H3,(H,26,27)(H,29,31). The molecule has 4 aromatic heterocycles. The Kier molecular flexibility index (Phi) is 6.95. The molecule has 11 heteroatoms. The van der Waals surface area contributed by atoms with Gasteiger partial charge in [-0.15, -0.1) is 11.3 Å². The van der Waals surface area contributed by atoms with Gasteiger partial charge in [0, 0.05) is 46.9 Å². The van der Waals surface area contributed by atoms with Gasteiger partial charge in [0.25, 0.3) is 5.91 Å². The van der Waals surface area contributed by atoms with E-state index in [1.54, 1.807) is 24.7 Å². The van der Waals surface area contributed by atoms with Crippen molar-refractivity contribution < 1.29 is 9.86 Å². The maximum absolute atomic E-state index is 12.0. The minimum Gasteiger partial charge on any atom is -0.633 e. The molecule has 1 atom stereocenters. The molecule has 0 aromatic carbocycles. The minimum atomic E-state index is -0.443. The molecule has 10 nitrogen and oxygen atoms in total. The fourth-order valence-electron chi connectivity index (χ4n) is 3.10. The van der Waals surface area contributed by atoms with Gasteiger partial charge in [-0.3, -0.25) is 20.2 Å². The van der Waals surface area contributed by atoms with Crippen molar-refractivity contribution in [3.8, 4) is 33.1 Å². The number of aromatic nitrogens is 4. The molecule has 0 fully saturated rings. The molecule has 0 aliphatic carbocycles. The van der Waals surface area contributed by atoms with Crippen LogP contribution in [-0.2, 0) is 0 Å². The zero-order valence-corrected chi connectivity index (χ0v) is 18.6. The van der Waals surface area contributed by atoms with Crippen molar-refractivity contribution in [2.45, 2.75) is 6.92 Å². The van der Waals surface area contributed by atoms with E-state index in [-0.39, 0.29) is 11.7 Å².